The van der Waals surface area contributed by atoms with Gasteiger partial charge in [0.15, 0.2) is 0 Å². The molecule has 0 radical (unpaired) electrons. The third-order valence-electron chi connectivity index (χ3n) is 4.83. The zero-order chi connectivity index (χ0) is 19.8. The summed E-state index contributed by atoms with van der Waals surface area (Å²) in [7, 11) is 0. The predicted molar refractivity (Wildman–Crippen MR) is 109 cm³/mol. The molecule has 28 heavy (non-hydrogen) atoms. The Morgan fingerprint density at radius 2 is 2.25 bits per heavy atom. The van der Waals surface area contributed by atoms with Crippen LogP contribution in [0, 0.1) is 9.39 Å². The van der Waals surface area contributed by atoms with Crippen molar-refractivity contribution in [1.29, 1.82) is 0 Å². The van der Waals surface area contributed by atoms with Crippen LogP contribution in [0.3, 0.4) is 0 Å². The second-order valence-electron chi connectivity index (χ2n) is 6.53. The Balaban J connectivity index is 1.78. The van der Waals surface area contributed by atoms with Crippen LogP contribution < -0.4 is 5.32 Å². The highest BCUT2D eigenvalue weighted by atomic mass is 127. The Morgan fingerprint density at radius 1 is 1.43 bits per heavy atom. The standard InChI is InChI=1S/C19H17FIN3O4/c20-12-7-10(21)1-2-13(12)23-17-11-8-22-5-3-16(11)28-18(17)19(27)24-6-4-15(26)14(24)9-25/h1-3,5,7-8,14-15,23,25-26H,4,6,9H2/t14-,15-/m1/s1. The third-order valence-corrected chi connectivity index (χ3v) is 5.50. The van der Waals surface area contributed by atoms with Gasteiger partial charge in [0.1, 0.15) is 17.1 Å². The Bertz CT molecular complexity index is 1040. The lowest BCUT2D eigenvalue weighted by molar-refractivity contribution is 0.0473. The maximum absolute atomic E-state index is 14.4. The lowest BCUT2D eigenvalue weighted by Crippen LogP contribution is -2.42. The number of halogens is 2. The molecule has 0 spiro atoms. The van der Waals surface area contributed by atoms with Crippen molar-refractivity contribution in [3.8, 4) is 0 Å². The fraction of sp³-hybridized carbons (Fsp3) is 0.263. The van der Waals surface area contributed by atoms with E-state index in [-0.39, 0.29) is 24.6 Å². The van der Waals surface area contributed by atoms with Crippen molar-refractivity contribution in [2.45, 2.75) is 18.6 Å². The van der Waals surface area contributed by atoms with E-state index >= 15 is 0 Å². The van der Waals surface area contributed by atoms with Gasteiger partial charge in [-0.15, -0.1) is 0 Å². The van der Waals surface area contributed by atoms with Crippen LogP contribution >= 0.6 is 22.6 Å². The summed E-state index contributed by atoms with van der Waals surface area (Å²) in [6.45, 7) is -0.0684. The highest BCUT2D eigenvalue weighted by molar-refractivity contribution is 14.1. The first-order chi connectivity index (χ1) is 13.5. The van der Waals surface area contributed by atoms with Crippen molar-refractivity contribution in [1.82, 2.24) is 9.88 Å². The largest absolute Gasteiger partial charge is 0.448 e. The normalized spacial score (nSPS) is 19.4. The number of benzene rings is 1. The summed E-state index contributed by atoms with van der Waals surface area (Å²) in [6, 6.07) is 5.61. The SMILES string of the molecule is O=C(c1oc2ccncc2c1Nc1ccc(I)cc1F)N1CC[C@@H](O)[C@H]1CO. The Labute approximate surface area is 173 Å². The van der Waals surface area contributed by atoms with E-state index in [0.717, 1.165) is 3.57 Å². The number of carbonyl (C=O) groups is 1. The smallest absolute Gasteiger partial charge is 0.292 e. The first kappa shape index (κ1) is 19.1. The average molecular weight is 497 g/mol. The summed E-state index contributed by atoms with van der Waals surface area (Å²) in [4.78, 5) is 18.6. The minimum Gasteiger partial charge on any atom is -0.448 e. The molecule has 1 aliphatic heterocycles. The maximum Gasteiger partial charge on any atom is 0.292 e. The molecule has 0 bridgehead atoms. The number of aliphatic hydroxyl groups excluding tert-OH is 2. The Kier molecular flexibility index (Phi) is 5.21. The van der Waals surface area contributed by atoms with Crippen molar-refractivity contribution in [3.63, 3.8) is 0 Å². The quantitative estimate of drug-likeness (QED) is 0.480. The topological polar surface area (TPSA) is 98.8 Å². The molecule has 146 valence electrons. The number of rotatable bonds is 4. The van der Waals surface area contributed by atoms with E-state index in [1.54, 1.807) is 18.2 Å². The number of pyridine rings is 1. The number of aliphatic hydroxyl groups is 2. The molecule has 9 heteroatoms. The summed E-state index contributed by atoms with van der Waals surface area (Å²) < 4.78 is 20.9. The fourth-order valence-electron chi connectivity index (χ4n) is 3.38. The van der Waals surface area contributed by atoms with E-state index in [9.17, 15) is 19.4 Å². The Hall–Kier alpha value is -2.24. The number of hydrogen-bond acceptors (Lipinski definition) is 6. The Morgan fingerprint density at radius 3 is 3.00 bits per heavy atom. The van der Waals surface area contributed by atoms with Gasteiger partial charge in [-0.1, -0.05) is 0 Å². The molecule has 0 saturated carbocycles. The van der Waals surface area contributed by atoms with Gasteiger partial charge < -0.3 is 24.8 Å². The van der Waals surface area contributed by atoms with Crippen molar-refractivity contribution in [2.75, 3.05) is 18.5 Å². The van der Waals surface area contributed by atoms with Crippen LogP contribution in [-0.2, 0) is 0 Å². The van der Waals surface area contributed by atoms with E-state index in [0.29, 0.717) is 23.1 Å². The van der Waals surface area contributed by atoms with Crippen LogP contribution in [0.25, 0.3) is 11.0 Å². The predicted octanol–water partition coefficient (Wildman–Crippen LogP) is 2.88. The molecule has 1 saturated heterocycles. The highest BCUT2D eigenvalue weighted by Crippen LogP contribution is 2.35. The minimum absolute atomic E-state index is 0.0199. The summed E-state index contributed by atoms with van der Waals surface area (Å²) in [5.41, 5.74) is 0.916. The number of nitrogens with zero attached hydrogens (tertiary/aromatic N) is 2. The number of carbonyl (C=O) groups excluding carboxylic acids is 1. The van der Waals surface area contributed by atoms with E-state index < -0.39 is 23.9 Å². The van der Waals surface area contributed by atoms with E-state index in [1.165, 1.54) is 23.4 Å². The molecular formula is C19H17FIN3O4. The van der Waals surface area contributed by atoms with Gasteiger partial charge in [0.25, 0.3) is 5.91 Å². The number of aromatic nitrogens is 1. The summed E-state index contributed by atoms with van der Waals surface area (Å²) in [6.07, 6.45) is 2.63. The van der Waals surface area contributed by atoms with Gasteiger partial charge in [0.05, 0.1) is 29.8 Å². The molecule has 4 rings (SSSR count). The zero-order valence-electron chi connectivity index (χ0n) is 14.6. The number of furan rings is 1. The number of nitrogens with one attached hydrogen (secondary N) is 1. The highest BCUT2D eigenvalue weighted by Gasteiger charge is 2.38. The van der Waals surface area contributed by atoms with Gasteiger partial charge in [0, 0.05) is 22.5 Å². The first-order valence-corrected chi connectivity index (χ1v) is 9.76. The van der Waals surface area contributed by atoms with Gasteiger partial charge >= 0.3 is 0 Å². The van der Waals surface area contributed by atoms with Gasteiger partial charge in [-0.2, -0.15) is 0 Å². The molecule has 1 amide bonds. The zero-order valence-corrected chi connectivity index (χ0v) is 16.8. The van der Waals surface area contributed by atoms with Crippen LogP contribution in [0.1, 0.15) is 17.0 Å². The van der Waals surface area contributed by atoms with Crippen LogP contribution in [0.2, 0.25) is 0 Å². The average Bonchev–Trinajstić information content (AvgIpc) is 3.24. The molecule has 3 N–H and O–H groups in total. The molecule has 1 aliphatic rings. The molecular weight excluding hydrogens is 480 g/mol. The number of fused-ring (bicyclic) bond motifs is 1. The number of anilines is 2. The molecule has 1 aromatic carbocycles. The monoisotopic (exact) mass is 497 g/mol. The van der Waals surface area contributed by atoms with Gasteiger partial charge in [0.2, 0.25) is 5.76 Å². The van der Waals surface area contributed by atoms with Gasteiger partial charge in [-0.3, -0.25) is 9.78 Å². The lowest BCUT2D eigenvalue weighted by Gasteiger charge is -2.24. The molecule has 7 nitrogen and oxygen atoms in total. The summed E-state index contributed by atoms with van der Waals surface area (Å²) in [5.74, 6) is -0.970. The molecule has 3 heterocycles. The van der Waals surface area contributed by atoms with Crippen molar-refractivity contribution in [2.24, 2.45) is 0 Å². The van der Waals surface area contributed by atoms with Crippen molar-refractivity contribution < 1.29 is 23.8 Å². The number of amides is 1. The second-order valence-corrected chi connectivity index (χ2v) is 7.78. The van der Waals surface area contributed by atoms with E-state index in [4.69, 9.17) is 4.42 Å². The molecule has 1 fully saturated rings. The van der Waals surface area contributed by atoms with E-state index in [1.807, 2.05) is 22.6 Å². The second kappa shape index (κ2) is 7.64. The van der Waals surface area contributed by atoms with Crippen molar-refractivity contribution >= 4 is 50.8 Å². The van der Waals surface area contributed by atoms with Gasteiger partial charge in [-0.25, -0.2) is 4.39 Å². The summed E-state index contributed by atoms with van der Waals surface area (Å²) in [5, 5.41) is 23.0. The molecule has 2 aromatic heterocycles. The van der Waals surface area contributed by atoms with Crippen LogP contribution in [0.15, 0.2) is 41.1 Å². The first-order valence-electron chi connectivity index (χ1n) is 8.68. The van der Waals surface area contributed by atoms with E-state index in [2.05, 4.69) is 10.3 Å². The minimum atomic E-state index is -0.801. The molecule has 3 aromatic rings. The van der Waals surface area contributed by atoms with Crippen molar-refractivity contribution in [3.05, 3.63) is 51.8 Å². The lowest BCUT2D eigenvalue weighted by atomic mass is 10.2. The van der Waals surface area contributed by atoms with Crippen LogP contribution in [0.4, 0.5) is 15.8 Å². The number of hydrogen-bond donors (Lipinski definition) is 3. The summed E-state index contributed by atoms with van der Waals surface area (Å²) >= 11 is 2.01. The van der Waals surface area contributed by atoms with Crippen LogP contribution in [-0.4, -0.2) is 51.3 Å². The van der Waals surface area contributed by atoms with Crippen LogP contribution in [0.5, 0.6) is 0 Å². The fourth-order valence-corrected chi connectivity index (χ4v) is 3.84. The third kappa shape index (κ3) is 3.33. The van der Waals surface area contributed by atoms with Gasteiger partial charge in [-0.05, 0) is 53.3 Å². The number of likely N-dealkylation sites (tertiary alicyclic amines) is 1. The maximum atomic E-state index is 14.4. The molecule has 0 unspecified atom stereocenters. The molecule has 2 atom stereocenters. The molecule has 0 aliphatic carbocycles.